The zero-order valence-electron chi connectivity index (χ0n) is 17.1. The first-order valence-electron chi connectivity index (χ1n) is 10.7. The summed E-state index contributed by atoms with van der Waals surface area (Å²) in [6.45, 7) is 1.01. The third-order valence-corrected chi connectivity index (χ3v) is 6.04. The van der Waals surface area contributed by atoms with E-state index in [4.69, 9.17) is 0 Å². The van der Waals surface area contributed by atoms with Crippen molar-refractivity contribution in [2.24, 2.45) is 0 Å². The van der Waals surface area contributed by atoms with Gasteiger partial charge in [-0.1, -0.05) is 48.9 Å². The Kier molecular flexibility index (Phi) is 6.26. The quantitative estimate of drug-likeness (QED) is 0.751. The van der Waals surface area contributed by atoms with Crippen molar-refractivity contribution >= 4 is 11.8 Å². The molecule has 1 fully saturated rings. The lowest BCUT2D eigenvalue weighted by atomic mass is 9.88. The molecule has 1 saturated carbocycles. The van der Waals surface area contributed by atoms with Crippen LogP contribution >= 0.6 is 0 Å². The maximum atomic E-state index is 13.2. The van der Waals surface area contributed by atoms with Gasteiger partial charge in [0.25, 0.3) is 5.91 Å². The summed E-state index contributed by atoms with van der Waals surface area (Å²) >= 11 is 0. The lowest BCUT2D eigenvalue weighted by Gasteiger charge is -2.30. The number of amides is 2. The highest BCUT2D eigenvalue weighted by Gasteiger charge is 2.40. The van der Waals surface area contributed by atoms with E-state index in [1.807, 2.05) is 35.2 Å². The first-order valence-corrected chi connectivity index (χ1v) is 10.7. The Hall–Kier alpha value is -2.95. The molecule has 1 unspecified atom stereocenters. The Balaban J connectivity index is 1.40. The standard InChI is InChI=1S/C25H27FN2O2/c26-20-12-10-19(11-13-20)17-28-23-9-5-4-8-21(23)22(25(28)30)16-24(29)27-15-14-18-6-2-1-3-7-18/h1-3,6-7,10-13,23H,4-5,8-9,14-17H2,(H,27,29). The van der Waals surface area contributed by atoms with Crippen LogP contribution in [0.15, 0.2) is 65.7 Å². The van der Waals surface area contributed by atoms with Crippen molar-refractivity contribution < 1.29 is 14.0 Å². The van der Waals surface area contributed by atoms with E-state index in [1.165, 1.54) is 17.7 Å². The third-order valence-electron chi connectivity index (χ3n) is 6.04. The van der Waals surface area contributed by atoms with Crippen molar-refractivity contribution in [1.29, 1.82) is 0 Å². The molecule has 1 heterocycles. The SMILES string of the molecule is O=C(CC1=C2CCCCC2N(Cc2ccc(F)cc2)C1=O)NCCc1ccccc1. The van der Waals surface area contributed by atoms with Gasteiger partial charge in [0.05, 0.1) is 12.5 Å². The van der Waals surface area contributed by atoms with Gasteiger partial charge >= 0.3 is 0 Å². The summed E-state index contributed by atoms with van der Waals surface area (Å²) in [7, 11) is 0. The highest BCUT2D eigenvalue weighted by Crippen LogP contribution is 2.38. The third kappa shape index (κ3) is 4.61. The Morgan fingerprint density at radius 3 is 2.57 bits per heavy atom. The summed E-state index contributed by atoms with van der Waals surface area (Å²) in [5.41, 5.74) is 3.88. The Morgan fingerprint density at radius 2 is 1.80 bits per heavy atom. The Morgan fingerprint density at radius 1 is 1.03 bits per heavy atom. The predicted octanol–water partition coefficient (Wildman–Crippen LogP) is 4.16. The number of nitrogens with one attached hydrogen (secondary N) is 1. The van der Waals surface area contributed by atoms with Gasteiger partial charge in [-0.3, -0.25) is 9.59 Å². The van der Waals surface area contributed by atoms with Crippen LogP contribution in [0.3, 0.4) is 0 Å². The molecule has 5 heteroatoms. The minimum absolute atomic E-state index is 0.0422. The number of fused-ring (bicyclic) bond motifs is 1. The number of benzene rings is 2. The van der Waals surface area contributed by atoms with Crippen molar-refractivity contribution in [1.82, 2.24) is 10.2 Å². The smallest absolute Gasteiger partial charge is 0.251 e. The first-order chi connectivity index (χ1) is 14.6. The van der Waals surface area contributed by atoms with E-state index in [2.05, 4.69) is 5.32 Å². The van der Waals surface area contributed by atoms with Crippen molar-refractivity contribution in [2.75, 3.05) is 6.54 Å². The van der Waals surface area contributed by atoms with Crippen molar-refractivity contribution in [2.45, 2.75) is 51.1 Å². The second-order valence-electron chi connectivity index (χ2n) is 8.09. The van der Waals surface area contributed by atoms with Crippen LogP contribution in [0.5, 0.6) is 0 Å². The molecule has 156 valence electrons. The second kappa shape index (κ2) is 9.24. The summed E-state index contributed by atoms with van der Waals surface area (Å²) < 4.78 is 13.2. The van der Waals surface area contributed by atoms with E-state index < -0.39 is 0 Å². The van der Waals surface area contributed by atoms with Gasteiger partial charge in [0.15, 0.2) is 0 Å². The van der Waals surface area contributed by atoms with E-state index in [-0.39, 0.29) is 30.1 Å². The molecule has 2 amide bonds. The monoisotopic (exact) mass is 406 g/mol. The van der Waals surface area contributed by atoms with Gasteiger partial charge in [0.2, 0.25) is 5.91 Å². The van der Waals surface area contributed by atoms with Gasteiger partial charge in [0, 0.05) is 18.7 Å². The van der Waals surface area contributed by atoms with Gasteiger partial charge in [-0.15, -0.1) is 0 Å². The fraction of sp³-hybridized carbons (Fsp3) is 0.360. The number of nitrogens with zero attached hydrogens (tertiary/aromatic N) is 1. The predicted molar refractivity (Wildman–Crippen MR) is 114 cm³/mol. The van der Waals surface area contributed by atoms with E-state index in [9.17, 15) is 14.0 Å². The molecular formula is C25H27FN2O2. The van der Waals surface area contributed by atoms with Crippen LogP contribution in [0.1, 0.15) is 43.2 Å². The second-order valence-corrected chi connectivity index (χ2v) is 8.09. The molecule has 0 saturated heterocycles. The fourth-order valence-corrected chi connectivity index (χ4v) is 4.51. The summed E-state index contributed by atoms with van der Waals surface area (Å²) in [5, 5.41) is 2.96. The molecule has 0 bridgehead atoms. The molecule has 4 nitrogen and oxygen atoms in total. The maximum absolute atomic E-state index is 13.2. The van der Waals surface area contributed by atoms with E-state index in [1.54, 1.807) is 12.1 Å². The minimum Gasteiger partial charge on any atom is -0.355 e. The number of halogens is 1. The van der Waals surface area contributed by atoms with E-state index in [0.717, 1.165) is 43.2 Å². The van der Waals surface area contributed by atoms with Crippen LogP contribution in [0.25, 0.3) is 0 Å². The molecule has 1 aliphatic heterocycles. The average Bonchev–Trinajstić information content (AvgIpc) is 3.02. The lowest BCUT2D eigenvalue weighted by molar-refractivity contribution is -0.129. The number of hydrogen-bond acceptors (Lipinski definition) is 2. The fourth-order valence-electron chi connectivity index (χ4n) is 4.51. The van der Waals surface area contributed by atoms with Crippen molar-refractivity contribution in [3.63, 3.8) is 0 Å². The van der Waals surface area contributed by atoms with Gasteiger partial charge in [-0.2, -0.15) is 0 Å². The Bertz CT molecular complexity index is 937. The number of rotatable bonds is 7. The molecule has 0 aromatic heterocycles. The van der Waals surface area contributed by atoms with Crippen molar-refractivity contribution in [3.05, 3.63) is 82.7 Å². The number of carbonyl (C=O) groups excluding carboxylic acids is 2. The van der Waals surface area contributed by atoms with Gasteiger partial charge < -0.3 is 10.2 Å². The highest BCUT2D eigenvalue weighted by atomic mass is 19.1. The van der Waals surface area contributed by atoms with Crippen LogP contribution in [0, 0.1) is 5.82 Å². The molecule has 30 heavy (non-hydrogen) atoms. The van der Waals surface area contributed by atoms with Gasteiger partial charge in [-0.05, 0) is 54.5 Å². The van der Waals surface area contributed by atoms with Gasteiger partial charge in [0.1, 0.15) is 5.82 Å². The topological polar surface area (TPSA) is 49.4 Å². The van der Waals surface area contributed by atoms with E-state index >= 15 is 0 Å². The van der Waals surface area contributed by atoms with Gasteiger partial charge in [-0.25, -0.2) is 4.39 Å². The molecule has 2 aliphatic rings. The van der Waals surface area contributed by atoms with Crippen LogP contribution in [0.4, 0.5) is 4.39 Å². The summed E-state index contributed by atoms with van der Waals surface area (Å²) in [6, 6.07) is 16.4. The molecule has 0 radical (unpaired) electrons. The summed E-state index contributed by atoms with van der Waals surface area (Å²) in [6.07, 6.45) is 4.86. The largest absolute Gasteiger partial charge is 0.355 e. The molecule has 0 spiro atoms. The van der Waals surface area contributed by atoms with Crippen LogP contribution in [0.2, 0.25) is 0 Å². The molecule has 1 aliphatic carbocycles. The Labute approximate surface area is 176 Å². The molecule has 1 atom stereocenters. The average molecular weight is 407 g/mol. The minimum atomic E-state index is -0.282. The molecule has 4 rings (SSSR count). The normalized spacial score (nSPS) is 18.5. The molecule has 2 aromatic rings. The molecule has 1 N–H and O–H groups in total. The number of carbonyl (C=O) groups is 2. The highest BCUT2D eigenvalue weighted by molar-refractivity contribution is 6.02. The molecule has 2 aromatic carbocycles. The lowest BCUT2D eigenvalue weighted by Crippen LogP contribution is -2.36. The zero-order chi connectivity index (χ0) is 20.9. The van der Waals surface area contributed by atoms with Crippen LogP contribution in [-0.4, -0.2) is 29.3 Å². The summed E-state index contributed by atoms with van der Waals surface area (Å²) in [4.78, 5) is 27.6. The zero-order valence-corrected chi connectivity index (χ0v) is 17.1. The van der Waals surface area contributed by atoms with Crippen LogP contribution < -0.4 is 5.32 Å². The van der Waals surface area contributed by atoms with E-state index in [0.29, 0.717) is 18.7 Å². The number of hydrogen-bond donors (Lipinski definition) is 1. The maximum Gasteiger partial charge on any atom is 0.251 e. The van der Waals surface area contributed by atoms with Crippen LogP contribution in [-0.2, 0) is 22.6 Å². The van der Waals surface area contributed by atoms with Crippen molar-refractivity contribution in [3.8, 4) is 0 Å². The molecular weight excluding hydrogens is 379 g/mol. The first kappa shape index (κ1) is 20.3. The summed E-state index contributed by atoms with van der Waals surface area (Å²) in [5.74, 6) is -0.426.